The Morgan fingerprint density at radius 1 is 1.45 bits per heavy atom. The molecule has 1 N–H and O–H groups in total. The lowest BCUT2D eigenvalue weighted by Gasteiger charge is -2.23. The van der Waals surface area contributed by atoms with Crippen LogP contribution in [0.5, 0.6) is 5.75 Å². The van der Waals surface area contributed by atoms with Gasteiger partial charge in [0.25, 0.3) is 5.91 Å². The second-order valence-electron chi connectivity index (χ2n) is 4.11. The van der Waals surface area contributed by atoms with Gasteiger partial charge in [-0.05, 0) is 26.0 Å². The zero-order valence-corrected chi connectivity index (χ0v) is 11.4. The number of likely N-dealkylation sites (N-methyl/N-ethyl adjacent to an activating group) is 1. The minimum absolute atomic E-state index is 0.277. The summed E-state index contributed by atoms with van der Waals surface area (Å²) in [5, 5.41) is 17.7. The van der Waals surface area contributed by atoms with E-state index in [2.05, 4.69) is 0 Å². The Bertz CT molecular complexity index is 536. The molecule has 0 aliphatic rings. The van der Waals surface area contributed by atoms with E-state index in [0.717, 1.165) is 0 Å². The zero-order chi connectivity index (χ0) is 15.1. The van der Waals surface area contributed by atoms with Gasteiger partial charge < -0.3 is 14.7 Å². The molecule has 0 fully saturated rings. The van der Waals surface area contributed by atoms with E-state index < -0.39 is 18.0 Å². The van der Waals surface area contributed by atoms with Gasteiger partial charge in [0.2, 0.25) is 0 Å². The van der Waals surface area contributed by atoms with Crippen LogP contribution in [0.3, 0.4) is 0 Å². The summed E-state index contributed by atoms with van der Waals surface area (Å²) in [5.41, 5.74) is 0.327. The van der Waals surface area contributed by atoms with Gasteiger partial charge >= 0.3 is 5.97 Å². The first-order chi connectivity index (χ1) is 9.49. The van der Waals surface area contributed by atoms with Crippen molar-refractivity contribution in [1.29, 1.82) is 5.26 Å². The largest absolute Gasteiger partial charge is 0.480 e. The first-order valence-corrected chi connectivity index (χ1v) is 6.16. The van der Waals surface area contributed by atoms with Gasteiger partial charge in [0.15, 0.2) is 6.10 Å². The highest BCUT2D eigenvalue weighted by atomic mass is 16.5. The molecule has 0 spiro atoms. The van der Waals surface area contributed by atoms with Crippen LogP contribution >= 0.6 is 0 Å². The molecule has 0 bridgehead atoms. The molecule has 6 heteroatoms. The number of nitrogens with zero attached hydrogens (tertiary/aromatic N) is 2. The lowest BCUT2D eigenvalue weighted by molar-refractivity contribution is -0.147. The molecule has 0 saturated heterocycles. The first kappa shape index (κ1) is 15.5. The number of carboxylic acids is 1. The van der Waals surface area contributed by atoms with Crippen LogP contribution in [0.25, 0.3) is 0 Å². The third-order valence-electron chi connectivity index (χ3n) is 2.68. The molecule has 0 aromatic heterocycles. The van der Waals surface area contributed by atoms with Gasteiger partial charge in [-0.2, -0.15) is 5.26 Å². The van der Waals surface area contributed by atoms with E-state index in [-0.39, 0.29) is 13.1 Å². The van der Waals surface area contributed by atoms with Crippen molar-refractivity contribution in [3.8, 4) is 11.8 Å². The molecule has 1 unspecified atom stereocenters. The molecule has 1 amide bonds. The van der Waals surface area contributed by atoms with Crippen molar-refractivity contribution >= 4 is 11.9 Å². The number of hydrogen-bond donors (Lipinski definition) is 1. The molecule has 0 heterocycles. The molecular formula is C14H16N2O4. The summed E-state index contributed by atoms with van der Waals surface area (Å²) in [5.74, 6) is -1.20. The standard InChI is InChI=1S/C14H16N2O4/c1-3-16(9-13(17)18)14(19)10(2)20-12-7-5-4-6-11(12)8-15/h4-7,10H,3,9H2,1-2H3,(H,17,18). The van der Waals surface area contributed by atoms with E-state index >= 15 is 0 Å². The predicted octanol–water partition coefficient (Wildman–Crippen LogP) is 1.26. The smallest absolute Gasteiger partial charge is 0.323 e. The van der Waals surface area contributed by atoms with Crippen molar-refractivity contribution in [2.75, 3.05) is 13.1 Å². The second kappa shape index (κ2) is 7.14. The lowest BCUT2D eigenvalue weighted by atomic mass is 10.2. The third-order valence-corrected chi connectivity index (χ3v) is 2.68. The van der Waals surface area contributed by atoms with Crippen LogP contribution in [0, 0.1) is 11.3 Å². The number of aliphatic carboxylic acids is 1. The monoisotopic (exact) mass is 276 g/mol. The van der Waals surface area contributed by atoms with E-state index in [1.54, 1.807) is 31.2 Å². The van der Waals surface area contributed by atoms with Crippen LogP contribution in [-0.2, 0) is 9.59 Å². The maximum Gasteiger partial charge on any atom is 0.323 e. The normalized spacial score (nSPS) is 11.2. The molecule has 1 aromatic carbocycles. The molecule has 106 valence electrons. The average molecular weight is 276 g/mol. The van der Waals surface area contributed by atoms with Crippen LogP contribution in [0.2, 0.25) is 0 Å². The average Bonchev–Trinajstić information content (AvgIpc) is 2.44. The SMILES string of the molecule is CCN(CC(=O)O)C(=O)C(C)Oc1ccccc1C#N. The van der Waals surface area contributed by atoms with Crippen LogP contribution in [0.4, 0.5) is 0 Å². The topological polar surface area (TPSA) is 90.6 Å². The molecular weight excluding hydrogens is 260 g/mol. The Hall–Kier alpha value is -2.55. The fourth-order valence-electron chi connectivity index (χ4n) is 1.67. The van der Waals surface area contributed by atoms with Gasteiger partial charge in [0.05, 0.1) is 5.56 Å². The number of rotatable bonds is 6. The number of nitriles is 1. The molecule has 1 rings (SSSR count). The maximum atomic E-state index is 12.1. The number of carbonyl (C=O) groups is 2. The fourth-order valence-corrected chi connectivity index (χ4v) is 1.67. The van der Waals surface area contributed by atoms with Crippen LogP contribution in [0.1, 0.15) is 19.4 Å². The molecule has 1 atom stereocenters. The maximum absolute atomic E-state index is 12.1. The summed E-state index contributed by atoms with van der Waals surface area (Å²) >= 11 is 0. The van der Waals surface area contributed by atoms with E-state index in [4.69, 9.17) is 15.1 Å². The van der Waals surface area contributed by atoms with Gasteiger partial charge in [-0.3, -0.25) is 9.59 Å². The first-order valence-electron chi connectivity index (χ1n) is 6.16. The molecule has 0 radical (unpaired) electrons. The number of carboxylic acid groups (broad SMARTS) is 1. The molecule has 1 aromatic rings. The number of amides is 1. The zero-order valence-electron chi connectivity index (χ0n) is 11.4. The molecule has 0 aliphatic heterocycles. The van der Waals surface area contributed by atoms with E-state index in [9.17, 15) is 9.59 Å². The number of benzene rings is 1. The molecule has 0 aliphatic carbocycles. The van der Waals surface area contributed by atoms with Crippen LogP contribution < -0.4 is 4.74 Å². The molecule has 20 heavy (non-hydrogen) atoms. The highest BCUT2D eigenvalue weighted by Gasteiger charge is 2.23. The minimum Gasteiger partial charge on any atom is -0.480 e. The van der Waals surface area contributed by atoms with Crippen molar-refractivity contribution in [1.82, 2.24) is 4.90 Å². The van der Waals surface area contributed by atoms with E-state index in [0.29, 0.717) is 11.3 Å². The van der Waals surface area contributed by atoms with Crippen molar-refractivity contribution < 1.29 is 19.4 Å². The fraction of sp³-hybridized carbons (Fsp3) is 0.357. The second-order valence-corrected chi connectivity index (χ2v) is 4.11. The van der Waals surface area contributed by atoms with E-state index in [1.807, 2.05) is 6.07 Å². The summed E-state index contributed by atoms with van der Waals surface area (Å²) in [6.45, 7) is 3.12. The number of carbonyl (C=O) groups excluding carboxylic acids is 1. The highest BCUT2D eigenvalue weighted by Crippen LogP contribution is 2.18. The van der Waals surface area contributed by atoms with Gasteiger partial charge in [-0.1, -0.05) is 12.1 Å². The Balaban J connectivity index is 2.79. The lowest BCUT2D eigenvalue weighted by Crippen LogP contribution is -2.43. The van der Waals surface area contributed by atoms with Crippen LogP contribution in [0.15, 0.2) is 24.3 Å². The number of ether oxygens (including phenoxy) is 1. The Morgan fingerprint density at radius 2 is 2.10 bits per heavy atom. The molecule has 0 saturated carbocycles. The number of para-hydroxylation sites is 1. The Morgan fingerprint density at radius 3 is 2.65 bits per heavy atom. The van der Waals surface area contributed by atoms with Crippen molar-refractivity contribution in [3.63, 3.8) is 0 Å². The van der Waals surface area contributed by atoms with Gasteiger partial charge in [0, 0.05) is 6.54 Å². The van der Waals surface area contributed by atoms with Crippen molar-refractivity contribution in [2.24, 2.45) is 0 Å². The van der Waals surface area contributed by atoms with Crippen molar-refractivity contribution in [3.05, 3.63) is 29.8 Å². The highest BCUT2D eigenvalue weighted by molar-refractivity contribution is 5.84. The minimum atomic E-state index is -1.08. The summed E-state index contributed by atoms with van der Waals surface area (Å²) in [4.78, 5) is 23.9. The van der Waals surface area contributed by atoms with Gasteiger partial charge in [-0.25, -0.2) is 0 Å². The third kappa shape index (κ3) is 3.99. The summed E-state index contributed by atoms with van der Waals surface area (Å²) in [6, 6.07) is 8.54. The van der Waals surface area contributed by atoms with Crippen LogP contribution in [-0.4, -0.2) is 41.1 Å². The number of hydrogen-bond acceptors (Lipinski definition) is 4. The Labute approximate surface area is 117 Å². The predicted molar refractivity (Wildman–Crippen MR) is 71.1 cm³/mol. The van der Waals surface area contributed by atoms with E-state index in [1.165, 1.54) is 11.8 Å². The Kier molecular flexibility index (Phi) is 5.54. The van der Waals surface area contributed by atoms with Gasteiger partial charge in [0.1, 0.15) is 18.4 Å². The quantitative estimate of drug-likeness (QED) is 0.844. The van der Waals surface area contributed by atoms with Gasteiger partial charge in [-0.15, -0.1) is 0 Å². The molecule has 6 nitrogen and oxygen atoms in total. The van der Waals surface area contributed by atoms with Crippen molar-refractivity contribution in [2.45, 2.75) is 20.0 Å². The summed E-state index contributed by atoms with van der Waals surface area (Å²) in [6.07, 6.45) is -0.858. The summed E-state index contributed by atoms with van der Waals surface area (Å²) < 4.78 is 5.46. The summed E-state index contributed by atoms with van der Waals surface area (Å²) in [7, 11) is 0.